The van der Waals surface area contributed by atoms with Crippen molar-refractivity contribution >= 4 is 15.9 Å². The molecule has 1 rings (SSSR count). The molecule has 0 amide bonds. The van der Waals surface area contributed by atoms with Crippen molar-refractivity contribution in [3.63, 3.8) is 0 Å². The molecule has 0 fully saturated rings. The van der Waals surface area contributed by atoms with Gasteiger partial charge in [0.2, 0.25) is 0 Å². The van der Waals surface area contributed by atoms with Gasteiger partial charge in [-0.1, -0.05) is 35.0 Å². The van der Waals surface area contributed by atoms with E-state index in [-0.39, 0.29) is 18.2 Å². The predicted molar refractivity (Wildman–Crippen MR) is 82.2 cm³/mol. The summed E-state index contributed by atoms with van der Waals surface area (Å²) in [4.78, 5) is 0. The summed E-state index contributed by atoms with van der Waals surface area (Å²) in [5, 5.41) is 0. The van der Waals surface area contributed by atoms with Gasteiger partial charge in [0.05, 0.1) is 25.4 Å². The van der Waals surface area contributed by atoms with Crippen LogP contribution >= 0.6 is 15.9 Å². The molecule has 19 heavy (non-hydrogen) atoms. The van der Waals surface area contributed by atoms with Gasteiger partial charge in [-0.15, -0.1) is 0 Å². The summed E-state index contributed by atoms with van der Waals surface area (Å²) in [5.74, 6) is 0. The highest BCUT2D eigenvalue weighted by atomic mass is 79.9. The molecule has 0 saturated carbocycles. The maximum atomic E-state index is 6.16. The van der Waals surface area contributed by atoms with E-state index >= 15 is 0 Å². The minimum absolute atomic E-state index is 0.00616. The van der Waals surface area contributed by atoms with Crippen LogP contribution in [-0.2, 0) is 9.47 Å². The maximum Gasteiger partial charge on any atom is 0.0977 e. The summed E-state index contributed by atoms with van der Waals surface area (Å²) in [6.07, 6.45) is 1.02. The van der Waals surface area contributed by atoms with Crippen LogP contribution < -0.4 is 5.73 Å². The first-order valence-electron chi connectivity index (χ1n) is 6.78. The van der Waals surface area contributed by atoms with Gasteiger partial charge < -0.3 is 15.2 Å². The topological polar surface area (TPSA) is 44.5 Å². The van der Waals surface area contributed by atoms with Crippen molar-refractivity contribution in [2.75, 3.05) is 13.2 Å². The Morgan fingerprint density at radius 2 is 1.89 bits per heavy atom. The molecule has 3 nitrogen and oxygen atoms in total. The maximum absolute atomic E-state index is 6.16. The third-order valence-electron chi connectivity index (χ3n) is 2.87. The second-order valence-corrected chi connectivity index (χ2v) is 5.75. The minimum Gasteiger partial charge on any atom is -0.376 e. The molecule has 2 N–H and O–H groups in total. The second kappa shape index (κ2) is 8.69. The van der Waals surface area contributed by atoms with E-state index in [4.69, 9.17) is 15.2 Å². The van der Waals surface area contributed by atoms with E-state index < -0.39 is 0 Å². The van der Waals surface area contributed by atoms with E-state index in [0.29, 0.717) is 13.2 Å². The lowest BCUT2D eigenvalue weighted by Crippen LogP contribution is -2.30. The van der Waals surface area contributed by atoms with Crippen LogP contribution in [0.5, 0.6) is 0 Å². The summed E-state index contributed by atoms with van der Waals surface area (Å²) in [6, 6.07) is 8.11. The van der Waals surface area contributed by atoms with Crippen molar-refractivity contribution < 1.29 is 9.47 Å². The first-order chi connectivity index (χ1) is 9.04. The third-order valence-corrected chi connectivity index (χ3v) is 3.36. The van der Waals surface area contributed by atoms with Gasteiger partial charge in [-0.25, -0.2) is 0 Å². The number of nitrogens with two attached hydrogens (primary N) is 1. The van der Waals surface area contributed by atoms with Gasteiger partial charge in [-0.2, -0.15) is 0 Å². The number of hydrogen-bond acceptors (Lipinski definition) is 3. The van der Waals surface area contributed by atoms with E-state index in [1.807, 2.05) is 32.0 Å². The number of halogens is 1. The summed E-state index contributed by atoms with van der Waals surface area (Å²) < 4.78 is 12.4. The van der Waals surface area contributed by atoms with Crippen molar-refractivity contribution in [1.29, 1.82) is 0 Å². The number of rotatable bonds is 8. The van der Waals surface area contributed by atoms with E-state index in [2.05, 4.69) is 28.9 Å². The first-order valence-corrected chi connectivity index (χ1v) is 7.58. The molecule has 0 bridgehead atoms. The van der Waals surface area contributed by atoms with Gasteiger partial charge in [-0.3, -0.25) is 0 Å². The molecule has 0 heterocycles. The van der Waals surface area contributed by atoms with E-state index in [1.54, 1.807) is 0 Å². The average Bonchev–Trinajstić information content (AvgIpc) is 2.37. The summed E-state index contributed by atoms with van der Waals surface area (Å²) >= 11 is 3.48. The Kier molecular flexibility index (Phi) is 7.61. The number of hydrogen-bond donors (Lipinski definition) is 1. The Hall–Kier alpha value is -0.420. The molecule has 0 aromatic heterocycles. The molecule has 0 aliphatic rings. The van der Waals surface area contributed by atoms with Crippen molar-refractivity contribution in [2.45, 2.75) is 45.4 Å². The van der Waals surface area contributed by atoms with Gasteiger partial charge in [0.1, 0.15) is 0 Å². The smallest absolute Gasteiger partial charge is 0.0977 e. The molecule has 0 aliphatic heterocycles. The van der Waals surface area contributed by atoms with Crippen LogP contribution in [0.2, 0.25) is 0 Å². The Balaban J connectivity index is 2.62. The zero-order chi connectivity index (χ0) is 14.3. The fourth-order valence-electron chi connectivity index (χ4n) is 1.82. The first kappa shape index (κ1) is 16.6. The summed E-state index contributed by atoms with van der Waals surface area (Å²) in [7, 11) is 0. The van der Waals surface area contributed by atoms with Gasteiger partial charge in [0, 0.05) is 10.5 Å². The van der Waals surface area contributed by atoms with Crippen molar-refractivity contribution in [2.24, 2.45) is 5.73 Å². The van der Waals surface area contributed by atoms with E-state index in [9.17, 15) is 0 Å². The molecule has 108 valence electrons. The van der Waals surface area contributed by atoms with Crippen LogP contribution in [0.3, 0.4) is 0 Å². The molecule has 2 atom stereocenters. The standard InChI is InChI=1S/C15H24BrNO2/c1-4-14(17)15(19-9-8-18-11(2)3)12-6-5-7-13(16)10-12/h5-7,10-11,14-15H,4,8-9,17H2,1-3H3. The van der Waals surface area contributed by atoms with Crippen LogP contribution in [-0.4, -0.2) is 25.4 Å². The summed E-state index contributed by atoms with van der Waals surface area (Å²) in [6.45, 7) is 7.26. The lowest BCUT2D eigenvalue weighted by atomic mass is 10.0. The number of ether oxygens (including phenoxy) is 2. The van der Waals surface area contributed by atoms with E-state index in [1.165, 1.54) is 0 Å². The average molecular weight is 330 g/mol. The second-order valence-electron chi connectivity index (χ2n) is 4.84. The molecule has 1 aromatic carbocycles. The lowest BCUT2D eigenvalue weighted by molar-refractivity contribution is -0.0224. The minimum atomic E-state index is -0.0849. The number of benzene rings is 1. The van der Waals surface area contributed by atoms with Gasteiger partial charge in [-0.05, 0) is 38.0 Å². The molecular weight excluding hydrogens is 306 g/mol. The Labute approximate surface area is 124 Å². The van der Waals surface area contributed by atoms with E-state index in [0.717, 1.165) is 16.5 Å². The van der Waals surface area contributed by atoms with Gasteiger partial charge >= 0.3 is 0 Å². The fourth-order valence-corrected chi connectivity index (χ4v) is 2.24. The Morgan fingerprint density at radius 1 is 1.21 bits per heavy atom. The summed E-state index contributed by atoms with van der Waals surface area (Å²) in [5.41, 5.74) is 7.27. The molecule has 4 heteroatoms. The third kappa shape index (κ3) is 6.04. The molecule has 2 unspecified atom stereocenters. The van der Waals surface area contributed by atoms with Crippen LogP contribution in [0, 0.1) is 0 Å². The lowest BCUT2D eigenvalue weighted by Gasteiger charge is -2.24. The highest BCUT2D eigenvalue weighted by Gasteiger charge is 2.19. The highest BCUT2D eigenvalue weighted by Crippen LogP contribution is 2.24. The monoisotopic (exact) mass is 329 g/mol. The zero-order valence-corrected chi connectivity index (χ0v) is 13.5. The van der Waals surface area contributed by atoms with Crippen LogP contribution in [0.1, 0.15) is 38.9 Å². The molecular formula is C15H24BrNO2. The highest BCUT2D eigenvalue weighted by molar-refractivity contribution is 9.10. The Morgan fingerprint density at radius 3 is 2.47 bits per heavy atom. The largest absolute Gasteiger partial charge is 0.376 e. The quantitative estimate of drug-likeness (QED) is 0.740. The van der Waals surface area contributed by atoms with Crippen LogP contribution in [0.4, 0.5) is 0 Å². The molecule has 0 aliphatic carbocycles. The molecule has 0 radical (unpaired) electrons. The molecule has 1 aromatic rings. The normalized spacial score (nSPS) is 14.6. The zero-order valence-electron chi connectivity index (χ0n) is 11.9. The van der Waals surface area contributed by atoms with Gasteiger partial charge in [0.25, 0.3) is 0 Å². The van der Waals surface area contributed by atoms with Crippen LogP contribution in [0.15, 0.2) is 28.7 Å². The van der Waals surface area contributed by atoms with Crippen molar-refractivity contribution in [3.8, 4) is 0 Å². The van der Waals surface area contributed by atoms with Crippen molar-refractivity contribution in [3.05, 3.63) is 34.3 Å². The van der Waals surface area contributed by atoms with Crippen molar-refractivity contribution in [1.82, 2.24) is 0 Å². The molecule has 0 saturated heterocycles. The fraction of sp³-hybridized carbons (Fsp3) is 0.600. The molecule has 0 spiro atoms. The van der Waals surface area contributed by atoms with Gasteiger partial charge in [0.15, 0.2) is 0 Å². The van der Waals surface area contributed by atoms with Crippen LogP contribution in [0.25, 0.3) is 0 Å². The predicted octanol–water partition coefficient (Wildman–Crippen LogP) is 3.67. The Bertz CT molecular complexity index is 371. The SMILES string of the molecule is CCC(N)C(OCCOC(C)C)c1cccc(Br)c1.